The van der Waals surface area contributed by atoms with Crippen LogP contribution in [0.3, 0.4) is 0 Å². The van der Waals surface area contributed by atoms with E-state index >= 15 is 0 Å². The van der Waals surface area contributed by atoms with Gasteiger partial charge in [-0.3, -0.25) is 14.4 Å². The molecule has 1 aromatic carbocycles. The molecule has 6 nitrogen and oxygen atoms in total. The molecule has 0 spiro atoms. The predicted octanol–water partition coefficient (Wildman–Crippen LogP) is 1.30. The van der Waals surface area contributed by atoms with Gasteiger partial charge in [-0.2, -0.15) is 0 Å². The minimum Gasteiger partial charge on any atom is -0.480 e. The molecule has 1 unspecified atom stereocenters. The van der Waals surface area contributed by atoms with Gasteiger partial charge in [-0.25, -0.2) is 0 Å². The Hall–Kier alpha value is -2.37. The van der Waals surface area contributed by atoms with E-state index in [1.807, 2.05) is 44.2 Å². The summed E-state index contributed by atoms with van der Waals surface area (Å²) >= 11 is 0. The molecule has 1 atom stereocenters. The highest BCUT2D eigenvalue weighted by Gasteiger charge is 2.28. The monoisotopic (exact) mass is 320 g/mol. The third-order valence-corrected chi connectivity index (χ3v) is 3.48. The number of rotatable bonds is 8. The maximum absolute atomic E-state index is 12.5. The molecule has 0 bridgehead atoms. The Morgan fingerprint density at radius 3 is 2.26 bits per heavy atom. The third kappa shape index (κ3) is 6.10. The van der Waals surface area contributed by atoms with Crippen molar-refractivity contribution >= 4 is 17.8 Å². The largest absolute Gasteiger partial charge is 0.480 e. The first kappa shape index (κ1) is 18.7. The molecule has 0 saturated carbocycles. The third-order valence-electron chi connectivity index (χ3n) is 3.48. The Bertz CT molecular complexity index is 543. The van der Waals surface area contributed by atoms with Crippen LogP contribution in [0.2, 0.25) is 0 Å². The van der Waals surface area contributed by atoms with Crippen molar-refractivity contribution in [3.05, 3.63) is 35.9 Å². The lowest BCUT2D eigenvalue weighted by atomic mass is 10.0. The van der Waals surface area contributed by atoms with E-state index in [4.69, 9.17) is 5.11 Å². The van der Waals surface area contributed by atoms with E-state index in [1.54, 1.807) is 6.92 Å². The highest BCUT2D eigenvalue weighted by molar-refractivity contribution is 5.90. The molecule has 0 heterocycles. The summed E-state index contributed by atoms with van der Waals surface area (Å²) < 4.78 is 0. The number of likely N-dealkylation sites (N-methyl/N-ethyl adjacent to an activating group) is 1. The molecule has 0 radical (unpaired) electrons. The van der Waals surface area contributed by atoms with Gasteiger partial charge in [-0.15, -0.1) is 0 Å². The summed E-state index contributed by atoms with van der Waals surface area (Å²) in [5.74, 6) is -1.83. The van der Waals surface area contributed by atoms with Crippen molar-refractivity contribution in [3.63, 3.8) is 0 Å². The van der Waals surface area contributed by atoms with Gasteiger partial charge in [0.15, 0.2) is 0 Å². The number of amides is 2. The van der Waals surface area contributed by atoms with Crippen molar-refractivity contribution in [1.82, 2.24) is 10.2 Å². The van der Waals surface area contributed by atoms with Gasteiger partial charge in [0.1, 0.15) is 12.6 Å². The zero-order valence-corrected chi connectivity index (χ0v) is 13.8. The number of nitrogens with one attached hydrogen (secondary N) is 1. The van der Waals surface area contributed by atoms with Crippen LogP contribution in [0.15, 0.2) is 30.3 Å². The van der Waals surface area contributed by atoms with E-state index in [2.05, 4.69) is 5.32 Å². The SMILES string of the molecule is CCN(CC(=O)O)C(=O)C(NC(=O)Cc1ccccc1)C(C)C. The second-order valence-electron chi connectivity index (χ2n) is 5.70. The normalized spacial score (nSPS) is 11.8. The van der Waals surface area contributed by atoms with E-state index in [0.717, 1.165) is 5.56 Å². The second-order valence-corrected chi connectivity index (χ2v) is 5.70. The molecular formula is C17H24N2O4. The number of carbonyl (C=O) groups excluding carboxylic acids is 2. The van der Waals surface area contributed by atoms with Gasteiger partial charge >= 0.3 is 5.97 Å². The van der Waals surface area contributed by atoms with Crippen LogP contribution >= 0.6 is 0 Å². The molecule has 0 aliphatic heterocycles. The van der Waals surface area contributed by atoms with Gasteiger partial charge in [0.2, 0.25) is 11.8 Å². The summed E-state index contributed by atoms with van der Waals surface area (Å²) in [7, 11) is 0. The molecule has 126 valence electrons. The van der Waals surface area contributed by atoms with E-state index in [1.165, 1.54) is 4.90 Å². The van der Waals surface area contributed by atoms with Crippen LogP contribution in [-0.2, 0) is 20.8 Å². The average molecular weight is 320 g/mol. The molecular weight excluding hydrogens is 296 g/mol. The Balaban J connectivity index is 2.75. The molecule has 1 aromatic rings. The number of nitrogens with zero attached hydrogens (tertiary/aromatic N) is 1. The van der Waals surface area contributed by atoms with Crippen LogP contribution in [0.5, 0.6) is 0 Å². The fourth-order valence-electron chi connectivity index (χ4n) is 2.22. The van der Waals surface area contributed by atoms with Crippen molar-refractivity contribution in [1.29, 1.82) is 0 Å². The Morgan fingerprint density at radius 2 is 1.78 bits per heavy atom. The van der Waals surface area contributed by atoms with Gasteiger partial charge in [0, 0.05) is 6.54 Å². The van der Waals surface area contributed by atoms with E-state index < -0.39 is 12.0 Å². The molecule has 6 heteroatoms. The van der Waals surface area contributed by atoms with Gasteiger partial charge < -0.3 is 15.3 Å². The van der Waals surface area contributed by atoms with Gasteiger partial charge in [0.05, 0.1) is 6.42 Å². The van der Waals surface area contributed by atoms with Crippen molar-refractivity contribution < 1.29 is 19.5 Å². The van der Waals surface area contributed by atoms with E-state index in [9.17, 15) is 14.4 Å². The standard InChI is InChI=1S/C17H24N2O4/c1-4-19(11-15(21)22)17(23)16(12(2)3)18-14(20)10-13-8-6-5-7-9-13/h5-9,12,16H,4,10-11H2,1-3H3,(H,18,20)(H,21,22). The zero-order valence-electron chi connectivity index (χ0n) is 13.8. The number of hydrogen-bond acceptors (Lipinski definition) is 3. The fraction of sp³-hybridized carbons (Fsp3) is 0.471. The molecule has 2 N–H and O–H groups in total. The molecule has 0 aliphatic rings. The van der Waals surface area contributed by atoms with Crippen LogP contribution in [0.4, 0.5) is 0 Å². The first-order chi connectivity index (χ1) is 10.8. The zero-order chi connectivity index (χ0) is 17.4. The van der Waals surface area contributed by atoms with Crippen LogP contribution in [0.1, 0.15) is 26.3 Å². The summed E-state index contributed by atoms with van der Waals surface area (Å²) in [6.45, 7) is 5.26. The van der Waals surface area contributed by atoms with Crippen LogP contribution < -0.4 is 5.32 Å². The average Bonchev–Trinajstić information content (AvgIpc) is 2.50. The minimum atomic E-state index is -1.07. The Morgan fingerprint density at radius 1 is 1.17 bits per heavy atom. The number of carboxylic acids is 1. The number of carboxylic acid groups (broad SMARTS) is 1. The summed E-state index contributed by atoms with van der Waals surface area (Å²) in [6.07, 6.45) is 0.183. The van der Waals surface area contributed by atoms with E-state index in [-0.39, 0.29) is 37.2 Å². The maximum Gasteiger partial charge on any atom is 0.323 e. The van der Waals surface area contributed by atoms with Gasteiger partial charge in [-0.1, -0.05) is 44.2 Å². The Labute approximate surface area is 136 Å². The minimum absolute atomic E-state index is 0.134. The van der Waals surface area contributed by atoms with Crippen LogP contribution in [-0.4, -0.2) is 46.9 Å². The summed E-state index contributed by atoms with van der Waals surface area (Å²) in [6, 6.07) is 8.51. The molecule has 0 aliphatic carbocycles. The van der Waals surface area contributed by atoms with E-state index in [0.29, 0.717) is 0 Å². The van der Waals surface area contributed by atoms with Gasteiger partial charge in [-0.05, 0) is 18.4 Å². The smallest absolute Gasteiger partial charge is 0.323 e. The number of benzene rings is 1. The van der Waals surface area contributed by atoms with Crippen molar-refractivity contribution in [2.45, 2.75) is 33.2 Å². The van der Waals surface area contributed by atoms with Crippen molar-refractivity contribution in [2.24, 2.45) is 5.92 Å². The lowest BCUT2D eigenvalue weighted by molar-refractivity contribution is -0.146. The van der Waals surface area contributed by atoms with Crippen molar-refractivity contribution in [2.75, 3.05) is 13.1 Å². The van der Waals surface area contributed by atoms with Crippen LogP contribution in [0, 0.1) is 5.92 Å². The molecule has 0 saturated heterocycles. The number of aliphatic carboxylic acids is 1. The molecule has 23 heavy (non-hydrogen) atoms. The highest BCUT2D eigenvalue weighted by Crippen LogP contribution is 2.08. The summed E-state index contributed by atoms with van der Waals surface area (Å²) in [4.78, 5) is 36.7. The molecule has 2 amide bonds. The second kappa shape index (κ2) is 8.92. The first-order valence-electron chi connectivity index (χ1n) is 7.69. The molecule has 0 aromatic heterocycles. The quantitative estimate of drug-likeness (QED) is 0.756. The summed E-state index contributed by atoms with van der Waals surface area (Å²) in [5, 5.41) is 11.6. The topological polar surface area (TPSA) is 86.7 Å². The molecule has 0 fully saturated rings. The fourth-order valence-corrected chi connectivity index (χ4v) is 2.22. The summed E-state index contributed by atoms with van der Waals surface area (Å²) in [5.41, 5.74) is 0.859. The molecule has 1 rings (SSSR count). The predicted molar refractivity (Wildman–Crippen MR) is 86.8 cm³/mol. The lowest BCUT2D eigenvalue weighted by Crippen LogP contribution is -2.52. The highest BCUT2D eigenvalue weighted by atomic mass is 16.4. The number of carbonyl (C=O) groups is 3. The lowest BCUT2D eigenvalue weighted by Gasteiger charge is -2.28. The van der Waals surface area contributed by atoms with Gasteiger partial charge in [0.25, 0.3) is 0 Å². The first-order valence-corrected chi connectivity index (χ1v) is 7.69. The number of hydrogen-bond donors (Lipinski definition) is 2. The van der Waals surface area contributed by atoms with Crippen LogP contribution in [0.25, 0.3) is 0 Å². The Kier molecular flexibility index (Phi) is 7.25. The maximum atomic E-state index is 12.5. The van der Waals surface area contributed by atoms with Crippen molar-refractivity contribution in [3.8, 4) is 0 Å².